The third kappa shape index (κ3) is 6.25. The summed E-state index contributed by atoms with van der Waals surface area (Å²) in [5.41, 5.74) is 12.7. The van der Waals surface area contributed by atoms with Crippen molar-refractivity contribution >= 4 is 28.8 Å². The monoisotopic (exact) mass is 568 g/mol. The summed E-state index contributed by atoms with van der Waals surface area (Å²) in [5, 5.41) is 0. The van der Waals surface area contributed by atoms with Gasteiger partial charge >= 0.3 is 0 Å². The number of anilines is 4. The van der Waals surface area contributed by atoms with Crippen LogP contribution in [0.25, 0.3) is 28.3 Å². The largest absolute Gasteiger partial charge is 0.345 e. The zero-order chi connectivity index (χ0) is 30.3. The third-order valence-corrected chi connectivity index (χ3v) is 8.05. The Kier molecular flexibility index (Phi) is 8.52. The number of allylic oxidation sites excluding steroid dienone is 1. The van der Waals surface area contributed by atoms with E-state index in [9.17, 15) is 0 Å². The van der Waals surface area contributed by atoms with Crippen molar-refractivity contribution in [2.75, 3.05) is 16.8 Å². The van der Waals surface area contributed by atoms with Crippen LogP contribution in [0.4, 0.5) is 22.7 Å². The molecule has 0 aromatic heterocycles. The van der Waals surface area contributed by atoms with Gasteiger partial charge in [0, 0.05) is 35.5 Å². The van der Waals surface area contributed by atoms with E-state index < -0.39 is 0 Å². The molecule has 0 heterocycles. The van der Waals surface area contributed by atoms with Gasteiger partial charge in [-0.05, 0) is 101 Å². The van der Waals surface area contributed by atoms with Crippen LogP contribution >= 0.6 is 0 Å². The molecule has 44 heavy (non-hydrogen) atoms. The quantitative estimate of drug-likeness (QED) is 0.160. The number of hydrogen-bond acceptors (Lipinski definition) is 2. The molecule has 0 saturated heterocycles. The molecule has 214 valence electrons. The third-order valence-electron chi connectivity index (χ3n) is 8.05. The summed E-state index contributed by atoms with van der Waals surface area (Å²) in [5.74, 6) is 0. The van der Waals surface area contributed by atoms with Gasteiger partial charge in [-0.2, -0.15) is 0 Å². The summed E-state index contributed by atoms with van der Waals surface area (Å²) in [6.45, 7) is 6.20. The normalized spacial score (nSPS) is 11.2. The van der Waals surface area contributed by atoms with Crippen LogP contribution in [0.15, 0.2) is 176 Å². The van der Waals surface area contributed by atoms with E-state index in [0.717, 1.165) is 28.4 Å². The fourth-order valence-electron chi connectivity index (χ4n) is 5.49. The van der Waals surface area contributed by atoms with Gasteiger partial charge in [-0.1, -0.05) is 116 Å². The molecule has 6 rings (SSSR count). The SMILES string of the molecule is C=C/C(=C\c1ccccc1C)N(C)c1ccc(-c2ccc(N(c3ccccc3)c3ccc(-c4ccccc4)cc3)cc2)cc1. The second kappa shape index (κ2) is 13.1. The average Bonchev–Trinajstić information content (AvgIpc) is 3.09. The zero-order valence-corrected chi connectivity index (χ0v) is 25.3. The number of hydrogen-bond donors (Lipinski definition) is 0. The molecule has 0 bridgehead atoms. The predicted octanol–water partition coefficient (Wildman–Crippen LogP) is 11.5. The molecule has 0 fully saturated rings. The number of nitrogens with zero attached hydrogens (tertiary/aromatic N) is 2. The number of aryl methyl sites for hydroxylation is 1. The van der Waals surface area contributed by atoms with Gasteiger partial charge in [0.25, 0.3) is 0 Å². The molecule has 0 aliphatic heterocycles. The standard InChI is InChI=1S/C42H36N2/c1-4-38(31-37-16-12-11-13-32(37)2)43(3)39-25-19-35(20-26-39)36-23-29-42(30-24-36)44(40-17-9-6-10-18-40)41-27-21-34(22-28-41)33-14-7-5-8-15-33/h4-31H,1H2,2-3H3/b38-31+. The van der Waals surface area contributed by atoms with Crippen molar-refractivity contribution < 1.29 is 0 Å². The minimum atomic E-state index is 1.05. The van der Waals surface area contributed by atoms with Crippen molar-refractivity contribution in [1.82, 2.24) is 0 Å². The average molecular weight is 569 g/mol. The topological polar surface area (TPSA) is 6.48 Å². The molecule has 0 spiro atoms. The fourth-order valence-corrected chi connectivity index (χ4v) is 5.49. The van der Waals surface area contributed by atoms with E-state index in [0.29, 0.717) is 0 Å². The molecule has 0 aliphatic rings. The van der Waals surface area contributed by atoms with Crippen molar-refractivity contribution in [1.29, 1.82) is 0 Å². The molecule has 0 unspecified atom stereocenters. The van der Waals surface area contributed by atoms with E-state index in [2.05, 4.69) is 194 Å². The Morgan fingerprint density at radius 1 is 0.477 bits per heavy atom. The Balaban J connectivity index is 1.25. The summed E-state index contributed by atoms with van der Waals surface area (Å²) < 4.78 is 0. The number of benzene rings is 6. The van der Waals surface area contributed by atoms with Gasteiger partial charge in [-0.15, -0.1) is 0 Å². The van der Waals surface area contributed by atoms with E-state index in [4.69, 9.17) is 0 Å². The van der Waals surface area contributed by atoms with Crippen LogP contribution in [0, 0.1) is 6.92 Å². The zero-order valence-electron chi connectivity index (χ0n) is 25.3. The number of para-hydroxylation sites is 1. The van der Waals surface area contributed by atoms with Crippen molar-refractivity contribution in [3.8, 4) is 22.3 Å². The van der Waals surface area contributed by atoms with Crippen molar-refractivity contribution in [2.24, 2.45) is 0 Å². The molecule has 0 radical (unpaired) electrons. The molecule has 0 N–H and O–H groups in total. The minimum absolute atomic E-state index is 1.05. The smallest absolute Gasteiger partial charge is 0.0462 e. The highest BCUT2D eigenvalue weighted by Crippen LogP contribution is 2.36. The van der Waals surface area contributed by atoms with Crippen molar-refractivity contribution in [3.63, 3.8) is 0 Å². The lowest BCUT2D eigenvalue weighted by molar-refractivity contribution is 1.15. The van der Waals surface area contributed by atoms with Crippen molar-refractivity contribution in [3.05, 3.63) is 187 Å². The van der Waals surface area contributed by atoms with E-state index in [1.54, 1.807) is 0 Å². The first-order valence-corrected chi connectivity index (χ1v) is 15.0. The predicted molar refractivity (Wildman–Crippen MR) is 190 cm³/mol. The highest BCUT2D eigenvalue weighted by atomic mass is 15.1. The van der Waals surface area contributed by atoms with E-state index in [1.807, 2.05) is 6.08 Å². The van der Waals surface area contributed by atoms with E-state index in [1.165, 1.54) is 33.4 Å². The van der Waals surface area contributed by atoms with Gasteiger partial charge in [-0.25, -0.2) is 0 Å². The highest BCUT2D eigenvalue weighted by molar-refractivity contribution is 5.80. The molecular weight excluding hydrogens is 532 g/mol. The Morgan fingerprint density at radius 2 is 0.886 bits per heavy atom. The number of likely N-dealkylation sites (N-methyl/N-ethyl adjacent to an activating group) is 1. The fraction of sp³-hybridized carbons (Fsp3) is 0.0476. The van der Waals surface area contributed by atoms with Crippen LogP contribution in [-0.2, 0) is 0 Å². The molecule has 6 aromatic rings. The van der Waals surface area contributed by atoms with Crippen LogP contribution in [0.3, 0.4) is 0 Å². The molecule has 2 heteroatoms. The Hall–Kier alpha value is -5.60. The molecule has 0 saturated carbocycles. The van der Waals surface area contributed by atoms with Gasteiger partial charge < -0.3 is 9.80 Å². The summed E-state index contributed by atoms with van der Waals surface area (Å²) >= 11 is 0. The maximum Gasteiger partial charge on any atom is 0.0462 e. The molecular formula is C42H36N2. The Labute approximate surface area is 261 Å². The van der Waals surface area contributed by atoms with Crippen molar-refractivity contribution in [2.45, 2.75) is 6.92 Å². The lowest BCUT2D eigenvalue weighted by Crippen LogP contribution is -2.14. The molecule has 0 amide bonds. The Bertz CT molecular complexity index is 1850. The Morgan fingerprint density at radius 3 is 1.39 bits per heavy atom. The molecule has 0 atom stereocenters. The van der Waals surface area contributed by atoms with Crippen LogP contribution in [0.2, 0.25) is 0 Å². The molecule has 2 nitrogen and oxygen atoms in total. The van der Waals surface area contributed by atoms with E-state index >= 15 is 0 Å². The lowest BCUT2D eigenvalue weighted by atomic mass is 10.0. The van der Waals surface area contributed by atoms with Crippen LogP contribution in [0.5, 0.6) is 0 Å². The summed E-state index contributed by atoms with van der Waals surface area (Å²) in [7, 11) is 2.08. The second-order valence-electron chi connectivity index (χ2n) is 10.9. The second-order valence-corrected chi connectivity index (χ2v) is 10.9. The first kappa shape index (κ1) is 28.5. The maximum absolute atomic E-state index is 4.07. The van der Waals surface area contributed by atoms with Gasteiger partial charge in [0.1, 0.15) is 0 Å². The van der Waals surface area contributed by atoms with Crippen LogP contribution in [-0.4, -0.2) is 7.05 Å². The summed E-state index contributed by atoms with van der Waals surface area (Å²) in [6.07, 6.45) is 4.09. The van der Waals surface area contributed by atoms with Crippen LogP contribution < -0.4 is 9.80 Å². The molecule has 0 aliphatic carbocycles. The van der Waals surface area contributed by atoms with Gasteiger partial charge in [0.15, 0.2) is 0 Å². The van der Waals surface area contributed by atoms with Gasteiger partial charge in [-0.3, -0.25) is 0 Å². The number of rotatable bonds is 9. The van der Waals surface area contributed by atoms with Gasteiger partial charge in [0.2, 0.25) is 0 Å². The summed E-state index contributed by atoms with van der Waals surface area (Å²) in [6, 6.07) is 55.8. The maximum atomic E-state index is 4.07. The van der Waals surface area contributed by atoms with E-state index in [-0.39, 0.29) is 0 Å². The lowest BCUT2D eigenvalue weighted by Gasteiger charge is -2.26. The van der Waals surface area contributed by atoms with Gasteiger partial charge in [0.05, 0.1) is 0 Å². The van der Waals surface area contributed by atoms with Crippen LogP contribution in [0.1, 0.15) is 11.1 Å². The summed E-state index contributed by atoms with van der Waals surface area (Å²) in [4.78, 5) is 4.47. The highest BCUT2D eigenvalue weighted by Gasteiger charge is 2.13. The minimum Gasteiger partial charge on any atom is -0.345 e. The molecule has 6 aromatic carbocycles. The first-order valence-electron chi connectivity index (χ1n) is 15.0. The first-order chi connectivity index (χ1) is 21.6.